The summed E-state index contributed by atoms with van der Waals surface area (Å²) >= 11 is 0. The van der Waals surface area contributed by atoms with Crippen LogP contribution in [-0.4, -0.2) is 23.7 Å². The van der Waals surface area contributed by atoms with Crippen LogP contribution in [0.2, 0.25) is 0 Å². The quantitative estimate of drug-likeness (QED) is 0.737. The molecule has 0 aliphatic carbocycles. The molecule has 0 aliphatic rings. The molecule has 1 rings (SSSR count). The van der Waals surface area contributed by atoms with Gasteiger partial charge in [-0.1, -0.05) is 12.2 Å². The fraction of sp³-hybridized carbons (Fsp3) is 0.400. The van der Waals surface area contributed by atoms with E-state index in [1.165, 1.54) is 0 Å². The summed E-state index contributed by atoms with van der Waals surface area (Å²) in [5.74, 6) is 1.37. The average Bonchev–Trinajstić information content (AvgIpc) is 2.18. The van der Waals surface area contributed by atoms with Gasteiger partial charge in [-0.25, -0.2) is 4.98 Å². The van der Waals surface area contributed by atoms with Gasteiger partial charge in [-0.2, -0.15) is 4.98 Å². The third-order valence-electron chi connectivity index (χ3n) is 1.61. The van der Waals surface area contributed by atoms with E-state index in [1.54, 1.807) is 13.2 Å². The van der Waals surface area contributed by atoms with Crippen molar-refractivity contribution >= 4 is 5.82 Å². The largest absolute Gasteiger partial charge is 0.473 e. The first-order chi connectivity index (χ1) is 7.26. The third kappa shape index (κ3) is 3.95. The van der Waals surface area contributed by atoms with Crippen molar-refractivity contribution in [1.29, 1.82) is 0 Å². The fourth-order valence-corrected chi connectivity index (χ4v) is 0.990. The van der Waals surface area contributed by atoms with Gasteiger partial charge in [-0.15, -0.1) is 0 Å². The molecule has 2 N–H and O–H groups in total. The summed E-state index contributed by atoms with van der Waals surface area (Å²) in [5.41, 5.74) is 5.59. The van der Waals surface area contributed by atoms with Crippen LogP contribution < -0.4 is 10.5 Å². The Kier molecular flexibility index (Phi) is 4.56. The highest BCUT2D eigenvalue weighted by molar-refractivity contribution is 5.32. The lowest BCUT2D eigenvalue weighted by atomic mass is 10.5. The van der Waals surface area contributed by atoms with E-state index in [2.05, 4.69) is 9.97 Å². The molecule has 0 amide bonds. The highest BCUT2D eigenvalue weighted by atomic mass is 16.5. The Bertz CT molecular complexity index is 339. The molecule has 0 saturated heterocycles. The predicted octanol–water partition coefficient (Wildman–Crippen LogP) is 1.16. The molecule has 0 spiro atoms. The monoisotopic (exact) mass is 209 g/mol. The van der Waals surface area contributed by atoms with Gasteiger partial charge in [0, 0.05) is 13.2 Å². The molecule has 1 aromatic heterocycles. The lowest BCUT2D eigenvalue weighted by molar-refractivity contribution is 0.176. The van der Waals surface area contributed by atoms with Crippen LogP contribution in [0.5, 0.6) is 5.88 Å². The molecule has 0 atom stereocenters. The maximum Gasteiger partial charge on any atom is 0.219 e. The first-order valence-corrected chi connectivity index (χ1v) is 4.62. The normalized spacial score (nSPS) is 10.8. The summed E-state index contributed by atoms with van der Waals surface area (Å²) in [4.78, 5) is 8.12. The second kappa shape index (κ2) is 5.98. The Morgan fingerprint density at radius 1 is 1.47 bits per heavy atom. The number of aromatic nitrogens is 2. The van der Waals surface area contributed by atoms with Crippen LogP contribution in [0.15, 0.2) is 18.2 Å². The summed E-state index contributed by atoms with van der Waals surface area (Å²) in [7, 11) is 1.58. The maximum absolute atomic E-state index is 5.59. The first-order valence-electron chi connectivity index (χ1n) is 4.62. The van der Waals surface area contributed by atoms with Crippen LogP contribution >= 0.6 is 0 Å². The maximum atomic E-state index is 5.59. The molecule has 0 saturated carbocycles. The lowest BCUT2D eigenvalue weighted by Gasteiger charge is -2.05. The molecule has 0 aliphatic heterocycles. The second-order valence-corrected chi connectivity index (χ2v) is 2.86. The number of methoxy groups -OCH3 is 1. The Hall–Kier alpha value is -1.62. The third-order valence-corrected chi connectivity index (χ3v) is 1.61. The van der Waals surface area contributed by atoms with Crippen LogP contribution in [0.1, 0.15) is 12.7 Å². The molecule has 82 valence electrons. The molecule has 0 radical (unpaired) electrons. The van der Waals surface area contributed by atoms with Crippen molar-refractivity contribution < 1.29 is 9.47 Å². The number of ether oxygens (including phenoxy) is 2. The molecule has 0 unspecified atom stereocenters. The van der Waals surface area contributed by atoms with Crippen LogP contribution in [0.3, 0.4) is 0 Å². The van der Waals surface area contributed by atoms with E-state index in [-0.39, 0.29) is 0 Å². The number of nitrogens with two attached hydrogens (primary N) is 1. The molecule has 0 fully saturated rings. The molecule has 1 aromatic rings. The number of hydrogen-bond donors (Lipinski definition) is 1. The van der Waals surface area contributed by atoms with Gasteiger partial charge in [0.25, 0.3) is 0 Å². The zero-order valence-electron chi connectivity index (χ0n) is 8.93. The van der Waals surface area contributed by atoms with Crippen molar-refractivity contribution in [1.82, 2.24) is 9.97 Å². The van der Waals surface area contributed by atoms with Crippen molar-refractivity contribution in [3.63, 3.8) is 0 Å². The van der Waals surface area contributed by atoms with Crippen LogP contribution in [-0.2, 0) is 11.3 Å². The first kappa shape index (κ1) is 11.5. The molecule has 5 heteroatoms. The molecule has 5 nitrogen and oxygen atoms in total. The van der Waals surface area contributed by atoms with Crippen molar-refractivity contribution in [2.45, 2.75) is 13.5 Å². The zero-order valence-corrected chi connectivity index (χ0v) is 8.93. The van der Waals surface area contributed by atoms with Crippen molar-refractivity contribution in [3.05, 3.63) is 24.0 Å². The van der Waals surface area contributed by atoms with Gasteiger partial charge in [0.2, 0.25) is 5.88 Å². The van der Waals surface area contributed by atoms with Gasteiger partial charge >= 0.3 is 0 Å². The SMILES string of the molecule is C/C=C/COc1cc(N)nc(COC)n1. The molecular formula is C10H15N3O2. The smallest absolute Gasteiger partial charge is 0.219 e. The summed E-state index contributed by atoms with van der Waals surface area (Å²) < 4.78 is 10.3. The molecule has 0 aromatic carbocycles. The second-order valence-electron chi connectivity index (χ2n) is 2.86. The number of nitrogen functional groups attached to an aromatic ring is 1. The van der Waals surface area contributed by atoms with Gasteiger partial charge in [0.15, 0.2) is 5.82 Å². The minimum Gasteiger partial charge on any atom is -0.473 e. The van der Waals surface area contributed by atoms with E-state index in [1.807, 2.05) is 19.1 Å². The zero-order chi connectivity index (χ0) is 11.1. The van der Waals surface area contributed by atoms with Crippen molar-refractivity contribution in [2.24, 2.45) is 0 Å². The summed E-state index contributed by atoms with van der Waals surface area (Å²) in [6, 6.07) is 1.59. The standard InChI is InChI=1S/C10H15N3O2/c1-3-4-5-15-10-6-8(11)12-9(13-10)7-14-2/h3-4,6H,5,7H2,1-2H3,(H2,11,12,13)/b4-3+. The Labute approximate surface area is 88.9 Å². The number of hydrogen-bond acceptors (Lipinski definition) is 5. The topological polar surface area (TPSA) is 70.3 Å². The minimum atomic E-state index is 0.324. The van der Waals surface area contributed by atoms with E-state index >= 15 is 0 Å². The minimum absolute atomic E-state index is 0.324. The van der Waals surface area contributed by atoms with E-state index < -0.39 is 0 Å². The molecular weight excluding hydrogens is 194 g/mol. The summed E-state index contributed by atoms with van der Waals surface area (Å²) in [6.07, 6.45) is 3.79. The summed E-state index contributed by atoms with van der Waals surface area (Å²) in [5, 5.41) is 0. The van der Waals surface area contributed by atoms with Crippen LogP contribution in [0.25, 0.3) is 0 Å². The van der Waals surface area contributed by atoms with E-state index in [9.17, 15) is 0 Å². The van der Waals surface area contributed by atoms with Gasteiger partial charge in [-0.3, -0.25) is 0 Å². The van der Waals surface area contributed by atoms with Crippen LogP contribution in [0.4, 0.5) is 5.82 Å². The van der Waals surface area contributed by atoms with Crippen LogP contribution in [0, 0.1) is 0 Å². The highest BCUT2D eigenvalue weighted by Gasteiger charge is 2.02. The fourth-order valence-electron chi connectivity index (χ4n) is 0.990. The number of nitrogens with zero attached hydrogens (tertiary/aromatic N) is 2. The lowest BCUT2D eigenvalue weighted by Crippen LogP contribution is -2.04. The van der Waals surface area contributed by atoms with E-state index in [4.69, 9.17) is 15.2 Å². The number of anilines is 1. The predicted molar refractivity (Wildman–Crippen MR) is 57.5 cm³/mol. The number of allylic oxidation sites excluding steroid dienone is 1. The van der Waals surface area contributed by atoms with E-state index in [0.717, 1.165) is 0 Å². The molecule has 1 heterocycles. The summed E-state index contributed by atoms with van der Waals surface area (Å²) in [6.45, 7) is 2.72. The highest BCUT2D eigenvalue weighted by Crippen LogP contribution is 2.11. The van der Waals surface area contributed by atoms with Gasteiger partial charge in [0.1, 0.15) is 19.0 Å². The number of rotatable bonds is 5. The Morgan fingerprint density at radius 2 is 2.27 bits per heavy atom. The Balaban J connectivity index is 2.70. The van der Waals surface area contributed by atoms with Gasteiger partial charge in [0.05, 0.1) is 0 Å². The van der Waals surface area contributed by atoms with Gasteiger partial charge < -0.3 is 15.2 Å². The van der Waals surface area contributed by atoms with Gasteiger partial charge in [-0.05, 0) is 6.92 Å². The molecule has 15 heavy (non-hydrogen) atoms. The van der Waals surface area contributed by atoms with E-state index in [0.29, 0.717) is 30.7 Å². The van der Waals surface area contributed by atoms with Crippen molar-refractivity contribution in [3.8, 4) is 5.88 Å². The average molecular weight is 209 g/mol. The Morgan fingerprint density at radius 3 is 2.93 bits per heavy atom. The van der Waals surface area contributed by atoms with Crippen molar-refractivity contribution in [2.75, 3.05) is 19.5 Å². The molecule has 0 bridgehead atoms.